The predicted molar refractivity (Wildman–Crippen MR) is 149 cm³/mol. The Kier molecular flexibility index (Phi) is 7.03. The number of ether oxygens (including phenoxy) is 1. The van der Waals surface area contributed by atoms with Crippen molar-refractivity contribution in [3.8, 4) is 0 Å². The van der Waals surface area contributed by atoms with Crippen LogP contribution in [0.1, 0.15) is 45.8 Å². The van der Waals surface area contributed by atoms with Crippen LogP contribution in [0.3, 0.4) is 0 Å². The monoisotopic (exact) mass is 538 g/mol. The summed E-state index contributed by atoms with van der Waals surface area (Å²) in [6.45, 7) is 0.828. The molecule has 1 fully saturated rings. The van der Waals surface area contributed by atoms with E-state index in [4.69, 9.17) is 9.72 Å². The predicted octanol–water partition coefficient (Wildman–Crippen LogP) is 8.06. The van der Waals surface area contributed by atoms with Gasteiger partial charge in [0.25, 0.3) is 0 Å². The van der Waals surface area contributed by atoms with E-state index < -0.39 is 17.3 Å². The number of halogens is 3. The van der Waals surface area contributed by atoms with Crippen molar-refractivity contribution in [2.45, 2.75) is 30.7 Å². The van der Waals surface area contributed by atoms with Crippen molar-refractivity contribution in [2.24, 2.45) is 5.92 Å². The van der Waals surface area contributed by atoms with Gasteiger partial charge in [0, 0.05) is 12.1 Å². The molecule has 4 aromatic carbocycles. The molecule has 2 unspecified atom stereocenters. The first-order chi connectivity index (χ1) is 19.5. The molecular formula is C34H29F3N2O. The van der Waals surface area contributed by atoms with Crippen molar-refractivity contribution >= 4 is 0 Å². The van der Waals surface area contributed by atoms with Crippen molar-refractivity contribution < 1.29 is 17.9 Å². The lowest BCUT2D eigenvalue weighted by atomic mass is 9.77. The molecule has 1 aliphatic rings. The third-order valence-corrected chi connectivity index (χ3v) is 7.75. The number of hydrogen-bond donors (Lipinski definition) is 0. The van der Waals surface area contributed by atoms with E-state index in [-0.39, 0.29) is 12.5 Å². The smallest absolute Gasteiger partial charge is 0.376 e. The summed E-state index contributed by atoms with van der Waals surface area (Å²) in [6.07, 6.45) is 0.733. The molecule has 1 aromatic heterocycles. The summed E-state index contributed by atoms with van der Waals surface area (Å²) in [7, 11) is 0. The van der Waals surface area contributed by atoms with Gasteiger partial charge in [-0.05, 0) is 46.7 Å². The van der Waals surface area contributed by atoms with E-state index in [1.807, 2.05) is 24.5 Å². The molecule has 0 amide bonds. The van der Waals surface area contributed by atoms with Crippen LogP contribution < -0.4 is 0 Å². The number of rotatable bonds is 9. The van der Waals surface area contributed by atoms with E-state index in [0.29, 0.717) is 12.5 Å². The fraction of sp³-hybridized carbons (Fsp3) is 0.206. The van der Waals surface area contributed by atoms with E-state index in [9.17, 15) is 13.2 Å². The number of imidazole rings is 1. The first kappa shape index (κ1) is 26.1. The van der Waals surface area contributed by atoms with Crippen LogP contribution in [-0.2, 0) is 23.1 Å². The zero-order chi connectivity index (χ0) is 27.6. The third kappa shape index (κ3) is 5.07. The lowest BCUT2D eigenvalue weighted by molar-refractivity contribution is -0.137. The minimum Gasteiger partial charge on any atom is -0.376 e. The normalized spacial score (nSPS) is 17.1. The van der Waals surface area contributed by atoms with Gasteiger partial charge in [-0.1, -0.05) is 103 Å². The first-order valence-corrected chi connectivity index (χ1v) is 13.4. The second-order valence-corrected chi connectivity index (χ2v) is 10.3. The molecule has 0 spiro atoms. The minimum atomic E-state index is -4.33. The Balaban J connectivity index is 1.23. The van der Waals surface area contributed by atoms with Crippen LogP contribution in [0.2, 0.25) is 0 Å². The van der Waals surface area contributed by atoms with Crippen molar-refractivity contribution in [1.82, 2.24) is 9.55 Å². The topological polar surface area (TPSA) is 27.1 Å². The molecule has 0 bridgehead atoms. The average molecular weight is 539 g/mol. The Hall–Kier alpha value is -4.16. The van der Waals surface area contributed by atoms with Gasteiger partial charge in [0.2, 0.25) is 0 Å². The summed E-state index contributed by atoms with van der Waals surface area (Å²) >= 11 is 0. The Labute approximate surface area is 231 Å². The quantitative estimate of drug-likeness (QED) is 0.178. The maximum absolute atomic E-state index is 12.8. The number of aromatic nitrogens is 2. The highest BCUT2D eigenvalue weighted by Crippen LogP contribution is 2.48. The van der Waals surface area contributed by atoms with E-state index in [1.165, 1.54) is 12.1 Å². The van der Waals surface area contributed by atoms with Crippen molar-refractivity contribution in [1.29, 1.82) is 0 Å². The lowest BCUT2D eigenvalue weighted by Crippen LogP contribution is -2.36. The van der Waals surface area contributed by atoms with Crippen molar-refractivity contribution in [2.75, 3.05) is 6.61 Å². The molecule has 1 saturated carbocycles. The van der Waals surface area contributed by atoms with Crippen LogP contribution in [-0.4, -0.2) is 16.2 Å². The largest absolute Gasteiger partial charge is 0.416 e. The van der Waals surface area contributed by atoms with Gasteiger partial charge in [-0.2, -0.15) is 13.2 Å². The molecule has 202 valence electrons. The Morgan fingerprint density at radius 3 is 1.73 bits per heavy atom. The molecule has 0 saturated heterocycles. The van der Waals surface area contributed by atoms with E-state index in [2.05, 4.69) is 83.6 Å². The molecule has 2 atom stereocenters. The maximum Gasteiger partial charge on any atom is 0.416 e. The van der Waals surface area contributed by atoms with Crippen LogP contribution in [0.25, 0.3) is 0 Å². The fourth-order valence-corrected chi connectivity index (χ4v) is 5.61. The van der Waals surface area contributed by atoms with Gasteiger partial charge in [0.1, 0.15) is 5.54 Å². The molecule has 1 heterocycles. The summed E-state index contributed by atoms with van der Waals surface area (Å²) in [6, 6.07) is 36.6. The van der Waals surface area contributed by atoms with E-state index in [1.54, 1.807) is 0 Å². The van der Waals surface area contributed by atoms with Gasteiger partial charge in [-0.25, -0.2) is 4.98 Å². The highest BCUT2D eigenvalue weighted by molar-refractivity contribution is 5.50. The minimum absolute atomic E-state index is 0.286. The van der Waals surface area contributed by atoms with Gasteiger partial charge >= 0.3 is 6.18 Å². The van der Waals surface area contributed by atoms with Gasteiger partial charge in [0.05, 0.1) is 30.8 Å². The van der Waals surface area contributed by atoms with Gasteiger partial charge in [-0.3, -0.25) is 0 Å². The summed E-state index contributed by atoms with van der Waals surface area (Å²) in [5.74, 6) is 0.617. The average Bonchev–Trinajstić information content (AvgIpc) is 3.59. The van der Waals surface area contributed by atoms with Gasteiger partial charge in [-0.15, -0.1) is 0 Å². The van der Waals surface area contributed by atoms with Crippen LogP contribution in [0, 0.1) is 5.92 Å². The fourth-order valence-electron chi connectivity index (χ4n) is 5.61. The third-order valence-electron chi connectivity index (χ3n) is 7.75. The molecule has 3 nitrogen and oxygen atoms in total. The van der Waals surface area contributed by atoms with Crippen molar-refractivity contribution in [3.05, 3.63) is 161 Å². The Morgan fingerprint density at radius 1 is 0.700 bits per heavy atom. The Morgan fingerprint density at radius 2 is 1.23 bits per heavy atom. The highest BCUT2D eigenvalue weighted by atomic mass is 19.4. The van der Waals surface area contributed by atoms with Crippen LogP contribution in [0.5, 0.6) is 0 Å². The Bertz CT molecular complexity index is 1430. The molecule has 0 N–H and O–H groups in total. The zero-order valence-electron chi connectivity index (χ0n) is 21.8. The molecule has 40 heavy (non-hydrogen) atoms. The molecular weight excluding hydrogens is 509 g/mol. The number of nitrogens with zero attached hydrogens (tertiary/aromatic N) is 2. The molecule has 1 aliphatic carbocycles. The lowest BCUT2D eigenvalue weighted by Gasteiger charge is -2.37. The summed E-state index contributed by atoms with van der Waals surface area (Å²) in [5, 5.41) is 0. The molecule has 5 aromatic rings. The summed E-state index contributed by atoms with van der Waals surface area (Å²) in [4.78, 5) is 4.87. The van der Waals surface area contributed by atoms with Crippen LogP contribution in [0.4, 0.5) is 13.2 Å². The zero-order valence-corrected chi connectivity index (χ0v) is 21.8. The standard InChI is InChI=1S/C34H29F3N2O/c35-34(36,37)30-18-16-25(17-19-30)22-40-23-26-20-31(26)32-21-39(24-38-32)33(27-10-4-1-5-11-27,28-12-6-2-7-13-28)29-14-8-3-9-15-29/h1-19,21,24,26,31H,20,22-23H2. The van der Waals surface area contributed by atoms with Crippen LogP contribution >= 0.6 is 0 Å². The molecule has 6 heteroatoms. The SMILES string of the molecule is FC(F)(F)c1ccc(COCC2CC2c2cn(C(c3ccccc3)(c3ccccc3)c3ccccc3)cn2)cc1. The number of benzene rings is 4. The van der Waals surface area contributed by atoms with Crippen molar-refractivity contribution in [3.63, 3.8) is 0 Å². The second-order valence-electron chi connectivity index (χ2n) is 10.3. The second kappa shape index (κ2) is 10.8. The van der Waals surface area contributed by atoms with Gasteiger partial charge in [0.15, 0.2) is 0 Å². The van der Waals surface area contributed by atoms with Crippen LogP contribution in [0.15, 0.2) is 128 Å². The van der Waals surface area contributed by atoms with Gasteiger partial charge < -0.3 is 9.30 Å². The molecule has 0 radical (unpaired) electrons. The van der Waals surface area contributed by atoms with E-state index >= 15 is 0 Å². The first-order valence-electron chi connectivity index (χ1n) is 13.4. The highest BCUT2D eigenvalue weighted by Gasteiger charge is 2.43. The number of hydrogen-bond acceptors (Lipinski definition) is 2. The maximum atomic E-state index is 12.8. The molecule has 0 aliphatic heterocycles. The molecule has 6 rings (SSSR count). The van der Waals surface area contributed by atoms with E-state index in [0.717, 1.165) is 46.5 Å². The number of alkyl halides is 3. The summed E-state index contributed by atoms with van der Waals surface area (Å²) in [5.41, 5.74) is 3.93. The summed E-state index contributed by atoms with van der Waals surface area (Å²) < 4.78 is 46.6.